The lowest BCUT2D eigenvalue weighted by Gasteiger charge is -2.07. The van der Waals surface area contributed by atoms with Crippen molar-refractivity contribution in [3.05, 3.63) is 24.3 Å². The second-order valence-corrected chi connectivity index (χ2v) is 4.50. The Labute approximate surface area is 99.2 Å². The molecule has 0 heterocycles. The van der Waals surface area contributed by atoms with Crippen molar-refractivity contribution in [3.8, 4) is 0 Å². The van der Waals surface area contributed by atoms with E-state index in [4.69, 9.17) is 5.73 Å². The predicted octanol–water partition coefficient (Wildman–Crippen LogP) is 1.06. The molecule has 1 atom stereocenters. The van der Waals surface area contributed by atoms with Crippen LogP contribution in [0.15, 0.2) is 29.2 Å². The van der Waals surface area contributed by atoms with E-state index in [1.807, 2.05) is 24.3 Å². The largest absolute Gasteiger partial charge is 0.391 e. The molecule has 0 aliphatic rings. The van der Waals surface area contributed by atoms with E-state index < -0.39 is 6.10 Å². The first kappa shape index (κ1) is 13.0. The van der Waals surface area contributed by atoms with Crippen molar-refractivity contribution in [2.45, 2.75) is 17.9 Å². The first-order chi connectivity index (χ1) is 7.61. The van der Waals surface area contributed by atoms with Gasteiger partial charge >= 0.3 is 0 Å². The third-order valence-electron chi connectivity index (χ3n) is 1.89. The molecular formula is C11H16N2O2S. The number of nitrogens with one attached hydrogen (secondary N) is 1. The van der Waals surface area contributed by atoms with E-state index in [1.54, 1.807) is 0 Å². The lowest BCUT2D eigenvalue weighted by molar-refractivity contribution is -0.114. The zero-order valence-electron chi connectivity index (χ0n) is 9.14. The Bertz CT molecular complexity index is 340. The van der Waals surface area contributed by atoms with Gasteiger partial charge in [-0.05, 0) is 24.3 Å². The number of carbonyl (C=O) groups excluding carboxylic acids is 1. The Morgan fingerprint density at radius 1 is 1.50 bits per heavy atom. The summed E-state index contributed by atoms with van der Waals surface area (Å²) in [4.78, 5) is 11.8. The van der Waals surface area contributed by atoms with Crippen molar-refractivity contribution >= 4 is 23.4 Å². The molecule has 4 nitrogen and oxygen atoms in total. The summed E-state index contributed by atoms with van der Waals surface area (Å²) < 4.78 is 0. The molecule has 0 fully saturated rings. The standard InChI is InChI=1S/C11H16N2O2S/c1-8(14)13-9-2-4-11(5-3-9)16-7-10(15)6-12/h2-5,10,15H,6-7,12H2,1H3,(H,13,14). The Morgan fingerprint density at radius 2 is 2.12 bits per heavy atom. The molecule has 1 amide bonds. The molecule has 0 spiro atoms. The van der Waals surface area contributed by atoms with Crippen LogP contribution in [-0.2, 0) is 4.79 Å². The normalized spacial score (nSPS) is 12.2. The van der Waals surface area contributed by atoms with Crippen molar-refractivity contribution in [1.29, 1.82) is 0 Å². The highest BCUT2D eigenvalue weighted by molar-refractivity contribution is 7.99. The second kappa shape index (κ2) is 6.52. The van der Waals surface area contributed by atoms with E-state index in [0.717, 1.165) is 10.6 Å². The van der Waals surface area contributed by atoms with Crippen molar-refractivity contribution in [2.75, 3.05) is 17.6 Å². The molecule has 0 bridgehead atoms. The van der Waals surface area contributed by atoms with Crippen molar-refractivity contribution in [1.82, 2.24) is 0 Å². The maximum Gasteiger partial charge on any atom is 0.221 e. The number of amides is 1. The van der Waals surface area contributed by atoms with Gasteiger partial charge in [0.05, 0.1) is 6.10 Å². The molecule has 4 N–H and O–H groups in total. The van der Waals surface area contributed by atoms with Gasteiger partial charge in [-0.25, -0.2) is 0 Å². The highest BCUT2D eigenvalue weighted by Gasteiger charge is 2.02. The summed E-state index contributed by atoms with van der Waals surface area (Å²) in [7, 11) is 0. The quantitative estimate of drug-likeness (QED) is 0.673. The Morgan fingerprint density at radius 3 is 2.62 bits per heavy atom. The summed E-state index contributed by atoms with van der Waals surface area (Å²) in [6.07, 6.45) is -0.472. The molecule has 0 saturated carbocycles. The van der Waals surface area contributed by atoms with Crippen LogP contribution in [0.25, 0.3) is 0 Å². The molecule has 1 aromatic rings. The summed E-state index contributed by atoms with van der Waals surface area (Å²) in [5, 5.41) is 12.0. The van der Waals surface area contributed by atoms with Crippen LogP contribution in [0.1, 0.15) is 6.92 Å². The highest BCUT2D eigenvalue weighted by Crippen LogP contribution is 2.20. The van der Waals surface area contributed by atoms with Crippen molar-refractivity contribution in [3.63, 3.8) is 0 Å². The van der Waals surface area contributed by atoms with Gasteiger partial charge < -0.3 is 16.2 Å². The average molecular weight is 240 g/mol. The number of hydrogen-bond acceptors (Lipinski definition) is 4. The smallest absolute Gasteiger partial charge is 0.221 e. The topological polar surface area (TPSA) is 75.3 Å². The molecule has 1 aromatic carbocycles. The van der Waals surface area contributed by atoms with Gasteiger partial charge in [0, 0.05) is 29.8 Å². The zero-order chi connectivity index (χ0) is 12.0. The van der Waals surface area contributed by atoms with E-state index >= 15 is 0 Å². The number of nitrogens with two attached hydrogens (primary N) is 1. The van der Waals surface area contributed by atoms with Crippen LogP contribution in [-0.4, -0.2) is 29.4 Å². The number of benzene rings is 1. The molecule has 0 aliphatic heterocycles. The average Bonchev–Trinajstić information content (AvgIpc) is 2.27. The number of carbonyl (C=O) groups is 1. The van der Waals surface area contributed by atoms with E-state index in [-0.39, 0.29) is 12.5 Å². The van der Waals surface area contributed by atoms with Crippen LogP contribution in [0.4, 0.5) is 5.69 Å². The minimum atomic E-state index is -0.472. The second-order valence-electron chi connectivity index (χ2n) is 3.41. The third kappa shape index (κ3) is 4.65. The fourth-order valence-electron chi connectivity index (χ4n) is 1.10. The molecule has 16 heavy (non-hydrogen) atoms. The van der Waals surface area contributed by atoms with Gasteiger partial charge in [-0.2, -0.15) is 0 Å². The van der Waals surface area contributed by atoms with Crippen LogP contribution in [0.3, 0.4) is 0 Å². The lowest BCUT2D eigenvalue weighted by Crippen LogP contribution is -2.21. The van der Waals surface area contributed by atoms with Crippen molar-refractivity contribution < 1.29 is 9.90 Å². The Kier molecular flexibility index (Phi) is 5.31. The van der Waals surface area contributed by atoms with Crippen LogP contribution in [0.5, 0.6) is 0 Å². The predicted molar refractivity (Wildman–Crippen MR) is 66.5 cm³/mol. The van der Waals surface area contributed by atoms with Gasteiger partial charge in [-0.1, -0.05) is 0 Å². The number of hydrogen-bond donors (Lipinski definition) is 3. The Hall–Kier alpha value is -1.04. The zero-order valence-corrected chi connectivity index (χ0v) is 9.96. The first-order valence-corrected chi connectivity index (χ1v) is 5.99. The molecule has 1 unspecified atom stereocenters. The van der Waals surface area contributed by atoms with Gasteiger partial charge in [0.15, 0.2) is 0 Å². The molecular weight excluding hydrogens is 224 g/mol. The van der Waals surface area contributed by atoms with E-state index in [9.17, 15) is 9.90 Å². The van der Waals surface area contributed by atoms with Gasteiger partial charge in [-0.3, -0.25) is 4.79 Å². The fraction of sp³-hybridized carbons (Fsp3) is 0.364. The summed E-state index contributed by atoms with van der Waals surface area (Å²) in [6.45, 7) is 1.75. The highest BCUT2D eigenvalue weighted by atomic mass is 32.2. The van der Waals surface area contributed by atoms with Gasteiger partial charge in [0.25, 0.3) is 0 Å². The molecule has 5 heteroatoms. The minimum absolute atomic E-state index is 0.0843. The monoisotopic (exact) mass is 240 g/mol. The number of anilines is 1. The van der Waals surface area contributed by atoms with E-state index in [0.29, 0.717) is 5.75 Å². The van der Waals surface area contributed by atoms with Crippen molar-refractivity contribution in [2.24, 2.45) is 5.73 Å². The fourth-order valence-corrected chi connectivity index (χ4v) is 1.95. The first-order valence-electron chi connectivity index (χ1n) is 5.00. The number of aliphatic hydroxyl groups excluding tert-OH is 1. The lowest BCUT2D eigenvalue weighted by atomic mass is 10.3. The molecule has 1 rings (SSSR count). The number of thioether (sulfide) groups is 1. The maximum atomic E-state index is 10.8. The number of aliphatic hydroxyl groups is 1. The number of rotatable bonds is 5. The molecule has 0 radical (unpaired) electrons. The van der Waals surface area contributed by atoms with Crippen LogP contribution < -0.4 is 11.1 Å². The van der Waals surface area contributed by atoms with Crippen LogP contribution >= 0.6 is 11.8 Å². The Balaban J connectivity index is 2.48. The van der Waals surface area contributed by atoms with Gasteiger partial charge in [0.1, 0.15) is 0 Å². The van der Waals surface area contributed by atoms with Crippen LogP contribution in [0, 0.1) is 0 Å². The summed E-state index contributed by atoms with van der Waals surface area (Å²) >= 11 is 1.54. The third-order valence-corrected chi connectivity index (χ3v) is 3.05. The van der Waals surface area contributed by atoms with Gasteiger partial charge in [0.2, 0.25) is 5.91 Å². The molecule has 0 saturated heterocycles. The summed E-state index contributed by atoms with van der Waals surface area (Å²) in [5.74, 6) is 0.495. The van der Waals surface area contributed by atoms with Crippen LogP contribution in [0.2, 0.25) is 0 Å². The molecule has 0 aromatic heterocycles. The van der Waals surface area contributed by atoms with E-state index in [1.165, 1.54) is 18.7 Å². The maximum absolute atomic E-state index is 10.8. The molecule has 88 valence electrons. The molecule has 0 aliphatic carbocycles. The minimum Gasteiger partial charge on any atom is -0.391 e. The van der Waals surface area contributed by atoms with Gasteiger partial charge in [-0.15, -0.1) is 11.8 Å². The SMILES string of the molecule is CC(=O)Nc1ccc(SCC(O)CN)cc1. The van der Waals surface area contributed by atoms with E-state index in [2.05, 4.69) is 5.32 Å². The summed E-state index contributed by atoms with van der Waals surface area (Å²) in [5.41, 5.74) is 6.08. The summed E-state index contributed by atoms with van der Waals surface area (Å²) in [6, 6.07) is 7.47.